The highest BCUT2D eigenvalue weighted by Gasteiger charge is 2.21. The maximum atomic E-state index is 13.3. The van der Waals surface area contributed by atoms with E-state index in [0.29, 0.717) is 39.8 Å². The number of ether oxygens (including phenoxy) is 2. The molecule has 0 spiro atoms. The fourth-order valence-electron chi connectivity index (χ4n) is 4.33. The summed E-state index contributed by atoms with van der Waals surface area (Å²) in [5.74, 6) is -0.236. The average molecular weight is 552 g/mol. The predicted octanol–water partition coefficient (Wildman–Crippen LogP) is 7.18. The Kier molecular flexibility index (Phi) is 7.94. The summed E-state index contributed by atoms with van der Waals surface area (Å²) in [5.41, 5.74) is 7.36. The summed E-state index contributed by atoms with van der Waals surface area (Å²) < 4.78 is 11.2. The summed E-state index contributed by atoms with van der Waals surface area (Å²) in [6, 6.07) is 27.1. The van der Waals surface area contributed by atoms with Crippen LogP contribution in [0.3, 0.4) is 0 Å². The van der Waals surface area contributed by atoms with Crippen molar-refractivity contribution in [3.05, 3.63) is 118 Å². The molecule has 1 aromatic heterocycles. The first-order valence-corrected chi connectivity index (χ1v) is 13.1. The number of nitrogens with one attached hydrogen (secondary N) is 2. The first-order chi connectivity index (χ1) is 19.4. The second-order valence-electron chi connectivity index (χ2n) is 9.00. The molecule has 0 aliphatic carbocycles. The Morgan fingerprint density at radius 2 is 1.73 bits per heavy atom. The van der Waals surface area contributed by atoms with Gasteiger partial charge in [0, 0.05) is 27.1 Å². The minimum absolute atomic E-state index is 0.287. The SMILES string of the molecule is CCOc1cc(C=NNC(=O)c2[nH]c3ccc(C)cc3c2-c2ccccc2Cl)ccc1OC(=O)c1ccccc1. The monoisotopic (exact) mass is 551 g/mol. The van der Waals surface area contributed by atoms with Crippen molar-refractivity contribution >= 4 is 40.6 Å². The highest BCUT2D eigenvalue weighted by molar-refractivity contribution is 6.34. The third-order valence-electron chi connectivity index (χ3n) is 6.18. The Labute approximate surface area is 236 Å². The van der Waals surface area contributed by atoms with Crippen LogP contribution >= 0.6 is 11.6 Å². The van der Waals surface area contributed by atoms with E-state index >= 15 is 0 Å². The number of benzene rings is 4. The lowest BCUT2D eigenvalue weighted by atomic mass is 10.0. The van der Waals surface area contributed by atoms with Gasteiger partial charge in [-0.05, 0) is 67.9 Å². The maximum absolute atomic E-state index is 13.3. The van der Waals surface area contributed by atoms with E-state index in [1.807, 2.05) is 56.3 Å². The molecule has 0 radical (unpaired) electrons. The molecule has 0 fully saturated rings. The molecule has 1 heterocycles. The second kappa shape index (κ2) is 11.9. The molecule has 200 valence electrons. The lowest BCUT2D eigenvalue weighted by Crippen LogP contribution is -2.19. The van der Waals surface area contributed by atoms with Crippen LogP contribution in [-0.4, -0.2) is 29.7 Å². The van der Waals surface area contributed by atoms with E-state index in [4.69, 9.17) is 21.1 Å². The molecular weight excluding hydrogens is 526 g/mol. The lowest BCUT2D eigenvalue weighted by Gasteiger charge is -2.11. The van der Waals surface area contributed by atoms with Crippen molar-refractivity contribution in [3.8, 4) is 22.6 Å². The number of esters is 1. The van der Waals surface area contributed by atoms with Crippen molar-refractivity contribution < 1.29 is 19.1 Å². The lowest BCUT2D eigenvalue weighted by molar-refractivity contribution is 0.0728. The van der Waals surface area contributed by atoms with Gasteiger partial charge in [-0.1, -0.05) is 59.6 Å². The third kappa shape index (κ3) is 5.75. The molecule has 4 aromatic carbocycles. The molecular formula is C32H26ClN3O4. The fraction of sp³-hybridized carbons (Fsp3) is 0.0938. The Bertz CT molecular complexity index is 1730. The Hall–Kier alpha value is -4.88. The van der Waals surface area contributed by atoms with Gasteiger partial charge in [-0.2, -0.15) is 5.10 Å². The molecule has 1 amide bonds. The topological polar surface area (TPSA) is 92.8 Å². The zero-order chi connectivity index (χ0) is 28.1. The van der Waals surface area contributed by atoms with Crippen LogP contribution in [-0.2, 0) is 0 Å². The van der Waals surface area contributed by atoms with Gasteiger partial charge < -0.3 is 14.5 Å². The van der Waals surface area contributed by atoms with Gasteiger partial charge in [-0.25, -0.2) is 10.2 Å². The summed E-state index contributed by atoms with van der Waals surface area (Å²) in [6.45, 7) is 4.21. The molecule has 0 atom stereocenters. The van der Waals surface area contributed by atoms with Gasteiger partial charge >= 0.3 is 5.97 Å². The van der Waals surface area contributed by atoms with Gasteiger partial charge in [0.05, 0.1) is 18.4 Å². The summed E-state index contributed by atoms with van der Waals surface area (Å²) in [7, 11) is 0. The number of aromatic nitrogens is 1. The van der Waals surface area contributed by atoms with Crippen LogP contribution in [0, 0.1) is 6.92 Å². The number of rotatable bonds is 8. The van der Waals surface area contributed by atoms with E-state index in [0.717, 1.165) is 22.0 Å². The van der Waals surface area contributed by atoms with Crippen LogP contribution < -0.4 is 14.9 Å². The smallest absolute Gasteiger partial charge is 0.343 e. The first-order valence-electron chi connectivity index (χ1n) is 12.7. The van der Waals surface area contributed by atoms with Crippen LogP contribution in [0.1, 0.15) is 38.9 Å². The molecule has 5 rings (SSSR count). The zero-order valence-corrected chi connectivity index (χ0v) is 22.7. The standard InChI is InChI=1S/C32H26ClN3O4/c1-3-39-28-18-21(14-16-27(28)40-32(38)22-9-5-4-6-10-22)19-34-36-31(37)30-29(23-11-7-8-12-25(23)33)24-17-20(2)13-15-26(24)35-30/h4-19,35H,3H2,1-2H3,(H,36,37). The minimum atomic E-state index is -0.488. The molecule has 0 unspecified atom stereocenters. The summed E-state index contributed by atoms with van der Waals surface area (Å²) >= 11 is 6.52. The molecule has 8 heteroatoms. The van der Waals surface area contributed by atoms with E-state index < -0.39 is 11.9 Å². The summed E-state index contributed by atoms with van der Waals surface area (Å²) in [4.78, 5) is 29.0. The first kappa shape index (κ1) is 26.7. The number of nitrogens with zero attached hydrogens (tertiary/aromatic N) is 1. The number of carbonyl (C=O) groups excluding carboxylic acids is 2. The molecule has 2 N–H and O–H groups in total. The van der Waals surface area contributed by atoms with Gasteiger partial charge in [0.25, 0.3) is 5.91 Å². The molecule has 0 bridgehead atoms. The molecule has 0 saturated carbocycles. The Morgan fingerprint density at radius 3 is 2.50 bits per heavy atom. The van der Waals surface area contributed by atoms with Crippen molar-refractivity contribution in [2.24, 2.45) is 5.10 Å². The number of aryl methyl sites for hydroxylation is 1. The molecule has 7 nitrogen and oxygen atoms in total. The number of aromatic amines is 1. The zero-order valence-electron chi connectivity index (χ0n) is 21.9. The number of halogens is 1. The molecule has 0 aliphatic rings. The van der Waals surface area contributed by atoms with E-state index in [-0.39, 0.29) is 5.75 Å². The minimum Gasteiger partial charge on any atom is -0.490 e. The van der Waals surface area contributed by atoms with Crippen LogP contribution in [0.5, 0.6) is 11.5 Å². The number of hydrazone groups is 1. The molecule has 5 aromatic rings. The number of carbonyl (C=O) groups is 2. The summed E-state index contributed by atoms with van der Waals surface area (Å²) in [6.07, 6.45) is 1.49. The number of hydrogen-bond acceptors (Lipinski definition) is 5. The normalized spacial score (nSPS) is 11.1. The van der Waals surface area contributed by atoms with Gasteiger partial charge in [-0.3, -0.25) is 4.79 Å². The summed E-state index contributed by atoms with van der Waals surface area (Å²) in [5, 5.41) is 5.59. The highest BCUT2D eigenvalue weighted by atomic mass is 35.5. The van der Waals surface area contributed by atoms with Crippen molar-refractivity contribution in [2.45, 2.75) is 13.8 Å². The van der Waals surface area contributed by atoms with E-state index in [9.17, 15) is 9.59 Å². The average Bonchev–Trinajstić information content (AvgIpc) is 3.33. The number of H-pyrrole nitrogens is 1. The van der Waals surface area contributed by atoms with Gasteiger partial charge in [0.2, 0.25) is 0 Å². The van der Waals surface area contributed by atoms with Crippen molar-refractivity contribution in [1.82, 2.24) is 10.4 Å². The molecule has 40 heavy (non-hydrogen) atoms. The van der Waals surface area contributed by atoms with Crippen LogP contribution in [0.2, 0.25) is 5.02 Å². The van der Waals surface area contributed by atoms with Crippen LogP contribution in [0.25, 0.3) is 22.0 Å². The quantitative estimate of drug-likeness (QED) is 0.0924. The highest BCUT2D eigenvalue weighted by Crippen LogP contribution is 2.37. The van der Waals surface area contributed by atoms with Crippen LogP contribution in [0.15, 0.2) is 96.1 Å². The Balaban J connectivity index is 1.38. The van der Waals surface area contributed by atoms with Gasteiger partial charge in [0.1, 0.15) is 5.69 Å². The fourth-order valence-corrected chi connectivity index (χ4v) is 4.56. The predicted molar refractivity (Wildman–Crippen MR) is 158 cm³/mol. The van der Waals surface area contributed by atoms with Crippen molar-refractivity contribution in [2.75, 3.05) is 6.61 Å². The molecule has 0 saturated heterocycles. The molecule has 0 aliphatic heterocycles. The van der Waals surface area contributed by atoms with E-state index in [2.05, 4.69) is 15.5 Å². The van der Waals surface area contributed by atoms with Gasteiger partial charge in [-0.15, -0.1) is 0 Å². The van der Waals surface area contributed by atoms with Crippen LogP contribution in [0.4, 0.5) is 0 Å². The third-order valence-corrected chi connectivity index (χ3v) is 6.51. The number of amides is 1. The van der Waals surface area contributed by atoms with Gasteiger partial charge in [0.15, 0.2) is 11.5 Å². The number of fused-ring (bicyclic) bond motifs is 1. The second-order valence-corrected chi connectivity index (χ2v) is 9.40. The Morgan fingerprint density at radius 1 is 0.950 bits per heavy atom. The maximum Gasteiger partial charge on any atom is 0.343 e. The van der Waals surface area contributed by atoms with E-state index in [1.54, 1.807) is 48.5 Å². The van der Waals surface area contributed by atoms with E-state index in [1.165, 1.54) is 6.21 Å². The van der Waals surface area contributed by atoms with Crippen molar-refractivity contribution in [1.29, 1.82) is 0 Å². The number of hydrogen-bond donors (Lipinski definition) is 2. The largest absolute Gasteiger partial charge is 0.490 e. The van der Waals surface area contributed by atoms with Crippen molar-refractivity contribution in [3.63, 3.8) is 0 Å².